The second-order valence-electron chi connectivity index (χ2n) is 10.2. The Kier molecular flexibility index (Phi) is 5.62. The first-order chi connectivity index (χ1) is 16.0. The molecule has 0 unspecified atom stereocenters. The first-order valence-electron chi connectivity index (χ1n) is 12.2. The average Bonchev–Trinajstić information content (AvgIpc) is 3.08. The lowest BCUT2D eigenvalue weighted by Crippen LogP contribution is -2.56. The fourth-order valence-corrected chi connectivity index (χ4v) is 6.09. The number of nitrogens with one attached hydrogen (secondary N) is 1. The lowest BCUT2D eigenvalue weighted by Gasteiger charge is -2.49. The smallest absolute Gasteiger partial charge is 0.317 e. The topological polar surface area (TPSA) is 72.3 Å². The number of benzene rings is 1. The monoisotopic (exact) mass is 443 g/mol. The molecule has 2 aliphatic carbocycles. The lowest BCUT2D eigenvalue weighted by atomic mass is 9.68. The number of carbonyl (C=O) groups is 1. The third kappa shape index (κ3) is 3.69. The molecule has 0 atom stereocenters. The molecule has 5 rings (SSSR count). The van der Waals surface area contributed by atoms with E-state index >= 15 is 0 Å². The summed E-state index contributed by atoms with van der Waals surface area (Å²) >= 11 is 0. The molecule has 6 heteroatoms. The van der Waals surface area contributed by atoms with Crippen LogP contribution in [0.3, 0.4) is 0 Å². The minimum atomic E-state index is -0.151. The number of hydrogen-bond donors (Lipinski definition) is 1. The molecule has 6 nitrogen and oxygen atoms in total. The van der Waals surface area contributed by atoms with Crippen molar-refractivity contribution in [2.75, 3.05) is 25.0 Å². The van der Waals surface area contributed by atoms with Crippen molar-refractivity contribution < 1.29 is 4.79 Å². The summed E-state index contributed by atoms with van der Waals surface area (Å²) in [4.78, 5) is 22.2. The first kappa shape index (κ1) is 21.9. The second kappa shape index (κ2) is 8.46. The number of urea groups is 1. The first-order valence-corrected chi connectivity index (χ1v) is 12.2. The van der Waals surface area contributed by atoms with Crippen LogP contribution in [0.25, 0.3) is 0 Å². The van der Waals surface area contributed by atoms with Gasteiger partial charge in [-0.15, -0.1) is 0 Å². The maximum Gasteiger partial charge on any atom is 0.325 e. The average molecular weight is 444 g/mol. The van der Waals surface area contributed by atoms with Gasteiger partial charge in [0.05, 0.1) is 24.0 Å². The van der Waals surface area contributed by atoms with E-state index in [1.54, 1.807) is 12.3 Å². The summed E-state index contributed by atoms with van der Waals surface area (Å²) in [5.41, 5.74) is 3.30. The van der Waals surface area contributed by atoms with E-state index in [-0.39, 0.29) is 17.1 Å². The summed E-state index contributed by atoms with van der Waals surface area (Å²) in [6, 6.07) is 14.7. The molecule has 1 aromatic carbocycles. The number of nitriles is 1. The van der Waals surface area contributed by atoms with Crippen molar-refractivity contribution in [1.29, 1.82) is 5.26 Å². The maximum atomic E-state index is 13.8. The number of rotatable bonds is 5. The number of nitrogens with zero attached hydrogens (tertiary/aromatic N) is 4. The standard InChI is InChI=1S/C27H33N5O/c1-20-15-23(16-28)30-17-24(20)31-19-26(32(25(31)33)18-21-7-6-8-21)11-13-27(29-2,14-12-26)22-9-4-3-5-10-22/h3-5,9-10,15,17,21,29H,6-8,11-14,18-19H2,1-2H3. The van der Waals surface area contributed by atoms with Crippen molar-refractivity contribution in [2.45, 2.75) is 62.9 Å². The van der Waals surface area contributed by atoms with Crippen LogP contribution in [-0.2, 0) is 5.54 Å². The number of amides is 2. The van der Waals surface area contributed by atoms with Gasteiger partial charge in [0.25, 0.3) is 0 Å². The summed E-state index contributed by atoms with van der Waals surface area (Å²) in [5, 5.41) is 12.8. The Labute approximate surface area is 196 Å². The number of hydrogen-bond acceptors (Lipinski definition) is 4. The van der Waals surface area contributed by atoms with Crippen LogP contribution in [0.15, 0.2) is 42.6 Å². The number of aryl methyl sites for hydroxylation is 1. The molecule has 1 aromatic heterocycles. The van der Waals surface area contributed by atoms with E-state index in [1.165, 1.54) is 24.8 Å². The van der Waals surface area contributed by atoms with Crippen LogP contribution >= 0.6 is 0 Å². The molecule has 2 heterocycles. The fraction of sp³-hybridized carbons (Fsp3) is 0.519. The third-order valence-electron chi connectivity index (χ3n) is 8.48. The Morgan fingerprint density at radius 1 is 1.18 bits per heavy atom. The number of carbonyl (C=O) groups excluding carboxylic acids is 1. The molecule has 2 saturated carbocycles. The van der Waals surface area contributed by atoms with E-state index in [2.05, 4.69) is 58.6 Å². The van der Waals surface area contributed by atoms with E-state index in [0.717, 1.165) is 43.5 Å². The van der Waals surface area contributed by atoms with Gasteiger partial charge in [-0.1, -0.05) is 36.8 Å². The van der Waals surface area contributed by atoms with Crippen LogP contribution in [0.1, 0.15) is 61.8 Å². The summed E-state index contributed by atoms with van der Waals surface area (Å²) in [6.45, 7) is 3.52. The highest BCUT2D eigenvalue weighted by Gasteiger charge is 2.54. The molecule has 172 valence electrons. The van der Waals surface area contributed by atoms with Crippen LogP contribution in [0.2, 0.25) is 0 Å². The second-order valence-corrected chi connectivity index (χ2v) is 10.2. The molecule has 0 radical (unpaired) electrons. The Morgan fingerprint density at radius 3 is 2.48 bits per heavy atom. The molecular formula is C27H33N5O. The van der Waals surface area contributed by atoms with Crippen LogP contribution in [-0.4, -0.2) is 41.6 Å². The molecule has 33 heavy (non-hydrogen) atoms. The van der Waals surface area contributed by atoms with E-state index in [4.69, 9.17) is 0 Å². The zero-order valence-electron chi connectivity index (χ0n) is 19.7. The highest BCUT2D eigenvalue weighted by Crippen LogP contribution is 2.48. The predicted octanol–water partition coefficient (Wildman–Crippen LogP) is 4.73. The van der Waals surface area contributed by atoms with E-state index in [0.29, 0.717) is 18.2 Å². The Balaban J connectivity index is 1.45. The highest BCUT2D eigenvalue weighted by atomic mass is 16.2. The molecule has 3 aliphatic rings. The summed E-state index contributed by atoms with van der Waals surface area (Å²) in [5.74, 6) is 0.621. The summed E-state index contributed by atoms with van der Waals surface area (Å²) in [6.07, 6.45) is 9.38. The van der Waals surface area contributed by atoms with Crippen LogP contribution in [0, 0.1) is 24.2 Å². The van der Waals surface area contributed by atoms with Gasteiger partial charge >= 0.3 is 6.03 Å². The molecule has 1 saturated heterocycles. The van der Waals surface area contributed by atoms with Crippen LogP contribution in [0.5, 0.6) is 0 Å². The van der Waals surface area contributed by atoms with Crippen molar-refractivity contribution >= 4 is 11.7 Å². The van der Waals surface area contributed by atoms with Gasteiger partial charge < -0.3 is 10.2 Å². The summed E-state index contributed by atoms with van der Waals surface area (Å²) in [7, 11) is 2.06. The third-order valence-corrected chi connectivity index (χ3v) is 8.48. The molecule has 2 aromatic rings. The maximum absolute atomic E-state index is 13.8. The molecule has 1 aliphatic heterocycles. The van der Waals surface area contributed by atoms with Crippen LogP contribution < -0.4 is 10.2 Å². The van der Waals surface area contributed by atoms with Crippen LogP contribution in [0.4, 0.5) is 10.5 Å². The van der Waals surface area contributed by atoms with Crippen molar-refractivity contribution in [3.05, 3.63) is 59.4 Å². The predicted molar refractivity (Wildman–Crippen MR) is 129 cm³/mol. The minimum absolute atomic E-state index is 0.0446. The number of pyridine rings is 1. The van der Waals surface area contributed by atoms with E-state index in [1.807, 2.05) is 11.8 Å². The molecule has 0 bridgehead atoms. The van der Waals surface area contributed by atoms with Gasteiger partial charge in [-0.05, 0) is 75.6 Å². The Hall–Kier alpha value is -2.91. The molecule has 1 spiro atoms. The van der Waals surface area contributed by atoms with Crippen molar-refractivity contribution in [1.82, 2.24) is 15.2 Å². The molecule has 3 fully saturated rings. The zero-order chi connectivity index (χ0) is 23.1. The molecule has 1 N–H and O–H groups in total. The zero-order valence-corrected chi connectivity index (χ0v) is 19.7. The van der Waals surface area contributed by atoms with Gasteiger partial charge in [-0.25, -0.2) is 9.78 Å². The van der Waals surface area contributed by atoms with Crippen molar-refractivity contribution in [3.63, 3.8) is 0 Å². The minimum Gasteiger partial charge on any atom is -0.317 e. The normalized spacial score (nSPS) is 27.6. The van der Waals surface area contributed by atoms with E-state index < -0.39 is 0 Å². The number of aromatic nitrogens is 1. The lowest BCUT2D eigenvalue weighted by molar-refractivity contribution is 0.0593. The molecule has 2 amide bonds. The van der Waals surface area contributed by atoms with Crippen molar-refractivity contribution in [3.8, 4) is 6.07 Å². The van der Waals surface area contributed by atoms with Gasteiger partial charge in [-0.3, -0.25) is 4.90 Å². The number of anilines is 1. The Morgan fingerprint density at radius 2 is 1.91 bits per heavy atom. The quantitative estimate of drug-likeness (QED) is 0.725. The summed E-state index contributed by atoms with van der Waals surface area (Å²) < 4.78 is 0. The Bertz CT molecular complexity index is 1060. The van der Waals surface area contributed by atoms with Crippen molar-refractivity contribution in [2.24, 2.45) is 5.92 Å². The van der Waals surface area contributed by atoms with Gasteiger partial charge in [0.2, 0.25) is 0 Å². The van der Waals surface area contributed by atoms with Gasteiger partial charge in [0.15, 0.2) is 0 Å². The SMILES string of the molecule is CNC1(c2ccccc2)CCC2(CC1)CN(c1cnc(C#N)cc1C)C(=O)N2CC1CCC1. The van der Waals surface area contributed by atoms with E-state index in [9.17, 15) is 10.1 Å². The highest BCUT2D eigenvalue weighted by molar-refractivity contribution is 5.96. The van der Waals surface area contributed by atoms with Gasteiger partial charge in [-0.2, -0.15) is 5.26 Å². The fourth-order valence-electron chi connectivity index (χ4n) is 6.09. The van der Waals surface area contributed by atoms with Gasteiger partial charge in [0, 0.05) is 12.1 Å². The van der Waals surface area contributed by atoms with Gasteiger partial charge in [0.1, 0.15) is 11.8 Å². The molecular weight excluding hydrogens is 410 g/mol. The largest absolute Gasteiger partial charge is 0.325 e.